The molecule has 162 valence electrons. The van der Waals surface area contributed by atoms with Crippen molar-refractivity contribution in [1.82, 2.24) is 4.31 Å². The number of anilines is 2. The van der Waals surface area contributed by atoms with Gasteiger partial charge in [-0.15, -0.1) is 0 Å². The highest BCUT2D eigenvalue weighted by Gasteiger charge is 2.26. The maximum atomic E-state index is 12.8. The molecule has 0 aromatic heterocycles. The quantitative estimate of drug-likeness (QED) is 0.341. The van der Waals surface area contributed by atoms with Gasteiger partial charge in [0.05, 0.1) is 28.8 Å². The van der Waals surface area contributed by atoms with Crippen LogP contribution in [0.2, 0.25) is 5.02 Å². The molecule has 1 heterocycles. The molecule has 0 radical (unpaired) electrons. The Morgan fingerprint density at radius 3 is 2.52 bits per heavy atom. The molecule has 0 saturated carbocycles. The number of phenolic OH excluding ortho intramolecular Hbond substituents is 1. The molecule has 11 heteroatoms. The van der Waals surface area contributed by atoms with Gasteiger partial charge in [0.1, 0.15) is 17.4 Å². The summed E-state index contributed by atoms with van der Waals surface area (Å²) in [6, 6.07) is 11.7. The number of aromatic hydroxyl groups is 1. The molecule has 0 bridgehead atoms. The maximum absolute atomic E-state index is 12.8. The van der Waals surface area contributed by atoms with Gasteiger partial charge in [0.2, 0.25) is 10.0 Å². The van der Waals surface area contributed by atoms with Crippen LogP contribution >= 0.6 is 11.6 Å². The topological polar surface area (TPSA) is 132 Å². The summed E-state index contributed by atoms with van der Waals surface area (Å²) in [6.45, 7) is 1.15. The third-order valence-corrected chi connectivity index (χ3v) is 6.63. The molecule has 31 heavy (non-hydrogen) atoms. The van der Waals surface area contributed by atoms with Crippen LogP contribution in [0, 0.1) is 11.3 Å². The number of amides is 1. The minimum Gasteiger partial charge on any atom is -0.508 e. The van der Waals surface area contributed by atoms with Crippen LogP contribution in [-0.2, 0) is 19.6 Å². The summed E-state index contributed by atoms with van der Waals surface area (Å²) in [7, 11) is -3.74. The predicted octanol–water partition coefficient (Wildman–Crippen LogP) is 2.52. The number of rotatable bonds is 6. The van der Waals surface area contributed by atoms with Crippen molar-refractivity contribution in [2.75, 3.05) is 36.9 Å². The normalized spacial score (nSPS) is 15.2. The van der Waals surface area contributed by atoms with Crippen LogP contribution in [0.3, 0.4) is 0 Å². The third-order valence-electron chi connectivity index (χ3n) is 4.41. The monoisotopic (exact) mass is 462 g/mol. The Bertz CT molecular complexity index is 1140. The molecule has 1 aliphatic heterocycles. The first-order chi connectivity index (χ1) is 14.8. The van der Waals surface area contributed by atoms with Crippen molar-refractivity contribution in [3.05, 3.63) is 59.3 Å². The Labute approximate surface area is 184 Å². The second-order valence-corrected chi connectivity index (χ2v) is 8.82. The zero-order chi connectivity index (χ0) is 22.4. The van der Waals surface area contributed by atoms with Gasteiger partial charge in [-0.2, -0.15) is 9.57 Å². The van der Waals surface area contributed by atoms with Gasteiger partial charge in [-0.1, -0.05) is 11.6 Å². The number of hydrogen-bond acceptors (Lipinski definition) is 7. The lowest BCUT2D eigenvalue weighted by Gasteiger charge is -2.26. The highest BCUT2D eigenvalue weighted by molar-refractivity contribution is 7.89. The molecule has 3 N–H and O–H groups in total. The average molecular weight is 463 g/mol. The Balaban J connectivity index is 1.78. The first-order valence-corrected chi connectivity index (χ1v) is 11.0. The van der Waals surface area contributed by atoms with Gasteiger partial charge in [-0.05, 0) is 42.5 Å². The molecule has 2 aromatic carbocycles. The first-order valence-electron chi connectivity index (χ1n) is 9.16. The smallest absolute Gasteiger partial charge is 0.267 e. The Morgan fingerprint density at radius 1 is 1.19 bits per heavy atom. The molecule has 0 spiro atoms. The van der Waals surface area contributed by atoms with Crippen LogP contribution in [0.5, 0.6) is 5.75 Å². The molecule has 1 amide bonds. The fourth-order valence-electron chi connectivity index (χ4n) is 2.75. The second-order valence-electron chi connectivity index (χ2n) is 6.47. The van der Waals surface area contributed by atoms with E-state index in [2.05, 4.69) is 10.6 Å². The highest BCUT2D eigenvalue weighted by Crippen LogP contribution is 2.27. The van der Waals surface area contributed by atoms with Crippen LogP contribution in [0.25, 0.3) is 0 Å². The van der Waals surface area contributed by atoms with E-state index in [0.717, 1.165) is 6.20 Å². The van der Waals surface area contributed by atoms with Gasteiger partial charge >= 0.3 is 0 Å². The van der Waals surface area contributed by atoms with Crippen molar-refractivity contribution < 1.29 is 23.1 Å². The number of nitriles is 1. The fraction of sp³-hybridized carbons (Fsp3) is 0.200. The number of benzene rings is 2. The van der Waals surface area contributed by atoms with Gasteiger partial charge in [0.15, 0.2) is 0 Å². The predicted molar refractivity (Wildman–Crippen MR) is 115 cm³/mol. The molecule has 1 saturated heterocycles. The van der Waals surface area contributed by atoms with Crippen molar-refractivity contribution in [3.63, 3.8) is 0 Å². The summed E-state index contributed by atoms with van der Waals surface area (Å²) in [5, 5.41) is 24.1. The SMILES string of the molecule is N#C/C(=C/Nc1cc(S(=O)(=O)N2CCOCC2)ccc1Cl)C(=O)Nc1ccc(O)cc1. The molecular formula is C20H19ClN4O5S. The Morgan fingerprint density at radius 2 is 1.87 bits per heavy atom. The van der Waals surface area contributed by atoms with E-state index >= 15 is 0 Å². The van der Waals surface area contributed by atoms with E-state index in [1.807, 2.05) is 0 Å². The minimum absolute atomic E-state index is 0.0294. The van der Waals surface area contributed by atoms with E-state index < -0.39 is 15.9 Å². The Hall–Kier alpha value is -3.10. The van der Waals surface area contributed by atoms with E-state index in [4.69, 9.17) is 16.3 Å². The van der Waals surface area contributed by atoms with Crippen molar-refractivity contribution >= 4 is 38.9 Å². The summed E-state index contributed by atoms with van der Waals surface area (Å²) in [5.41, 5.74) is 0.354. The third kappa shape index (κ3) is 5.53. The summed E-state index contributed by atoms with van der Waals surface area (Å²) in [5.74, 6) is -0.647. The van der Waals surface area contributed by atoms with E-state index in [0.29, 0.717) is 18.9 Å². The number of phenols is 1. The molecule has 0 unspecified atom stereocenters. The zero-order valence-electron chi connectivity index (χ0n) is 16.2. The molecule has 0 aliphatic carbocycles. The van der Waals surface area contributed by atoms with Crippen LogP contribution in [0.15, 0.2) is 59.1 Å². The van der Waals surface area contributed by atoms with Crippen LogP contribution in [0.4, 0.5) is 11.4 Å². The highest BCUT2D eigenvalue weighted by atomic mass is 35.5. The van der Waals surface area contributed by atoms with Gasteiger partial charge in [-0.3, -0.25) is 4.79 Å². The van der Waals surface area contributed by atoms with E-state index in [-0.39, 0.29) is 40.0 Å². The first kappa shape index (κ1) is 22.6. The van der Waals surface area contributed by atoms with E-state index in [1.165, 1.54) is 46.8 Å². The van der Waals surface area contributed by atoms with Crippen LogP contribution in [0.1, 0.15) is 0 Å². The lowest BCUT2D eigenvalue weighted by molar-refractivity contribution is -0.112. The van der Waals surface area contributed by atoms with Gasteiger partial charge in [0, 0.05) is 25.0 Å². The number of morpholine rings is 1. The zero-order valence-corrected chi connectivity index (χ0v) is 17.8. The number of carbonyl (C=O) groups excluding carboxylic acids is 1. The Kier molecular flexibility index (Phi) is 7.14. The number of ether oxygens (including phenoxy) is 1. The lowest BCUT2D eigenvalue weighted by Crippen LogP contribution is -2.40. The molecule has 1 fully saturated rings. The number of sulfonamides is 1. The standard InChI is InChI=1S/C20H19ClN4O5S/c21-18-6-5-17(31(28,29)25-7-9-30-10-8-25)11-19(18)23-13-14(12-22)20(27)24-15-1-3-16(26)4-2-15/h1-6,11,13,23,26H,7-10H2,(H,24,27)/b14-13-. The lowest BCUT2D eigenvalue weighted by atomic mass is 10.2. The largest absolute Gasteiger partial charge is 0.508 e. The van der Waals surface area contributed by atoms with Crippen molar-refractivity contribution in [2.45, 2.75) is 4.90 Å². The van der Waals surface area contributed by atoms with Crippen molar-refractivity contribution in [1.29, 1.82) is 5.26 Å². The molecule has 1 aliphatic rings. The summed E-state index contributed by atoms with van der Waals surface area (Å²) in [4.78, 5) is 12.3. The maximum Gasteiger partial charge on any atom is 0.267 e. The van der Waals surface area contributed by atoms with Crippen LogP contribution < -0.4 is 10.6 Å². The number of halogens is 1. The fourth-order valence-corrected chi connectivity index (χ4v) is 4.36. The van der Waals surface area contributed by atoms with E-state index in [1.54, 1.807) is 6.07 Å². The molecule has 0 atom stereocenters. The summed E-state index contributed by atoms with van der Waals surface area (Å²) < 4.78 is 32.2. The van der Waals surface area contributed by atoms with Crippen molar-refractivity contribution in [2.24, 2.45) is 0 Å². The molecular weight excluding hydrogens is 444 g/mol. The molecule has 2 aromatic rings. The number of carbonyl (C=O) groups is 1. The number of nitrogens with one attached hydrogen (secondary N) is 2. The van der Waals surface area contributed by atoms with Crippen molar-refractivity contribution in [3.8, 4) is 11.8 Å². The molecule has 9 nitrogen and oxygen atoms in total. The average Bonchev–Trinajstić information content (AvgIpc) is 2.77. The van der Waals surface area contributed by atoms with E-state index in [9.17, 15) is 23.6 Å². The molecule has 3 rings (SSSR count). The number of hydrogen-bond donors (Lipinski definition) is 3. The van der Waals surface area contributed by atoms with Gasteiger partial charge in [0.25, 0.3) is 5.91 Å². The summed E-state index contributed by atoms with van der Waals surface area (Å²) >= 11 is 6.16. The number of nitrogens with zero attached hydrogens (tertiary/aromatic N) is 2. The summed E-state index contributed by atoms with van der Waals surface area (Å²) in [6.07, 6.45) is 1.14. The van der Waals surface area contributed by atoms with Crippen LogP contribution in [-0.4, -0.2) is 50.0 Å². The minimum atomic E-state index is -3.74. The van der Waals surface area contributed by atoms with Gasteiger partial charge < -0.3 is 20.5 Å². The van der Waals surface area contributed by atoms with Gasteiger partial charge in [-0.25, -0.2) is 8.42 Å². The second kappa shape index (κ2) is 9.80.